The van der Waals surface area contributed by atoms with Gasteiger partial charge < -0.3 is 8.97 Å². The Bertz CT molecular complexity index is 2950. The fourth-order valence-corrected chi connectivity index (χ4v) is 7.89. The number of fused-ring (bicyclic) bond motifs is 6. The van der Waals surface area contributed by atoms with Crippen molar-refractivity contribution in [2.75, 3.05) is 0 Å². The highest BCUT2D eigenvalue weighted by Gasteiger charge is 2.24. The van der Waals surface area contributed by atoms with E-state index in [1.807, 2.05) is 60.7 Å². The highest BCUT2D eigenvalue weighted by Crippen LogP contribution is 2.46. The zero-order chi connectivity index (χ0) is 32.8. The molecule has 4 heterocycles. The molecular formula is C45H27N5. The summed E-state index contributed by atoms with van der Waals surface area (Å²) in [5.74, 6) is 1.96. The number of pyridine rings is 1. The molecule has 5 nitrogen and oxygen atoms in total. The molecule has 11 rings (SSSR count). The summed E-state index contributed by atoms with van der Waals surface area (Å²) in [6, 6.07) is 55.6. The summed E-state index contributed by atoms with van der Waals surface area (Å²) in [4.78, 5) is 14.8. The molecule has 0 atom stereocenters. The molecule has 0 spiro atoms. The minimum absolute atomic E-state index is 0.649. The number of hydrogen-bond donors (Lipinski definition) is 0. The lowest BCUT2D eigenvalue weighted by Crippen LogP contribution is -2.06. The van der Waals surface area contributed by atoms with E-state index < -0.39 is 0 Å². The van der Waals surface area contributed by atoms with E-state index in [-0.39, 0.29) is 0 Å². The lowest BCUT2D eigenvalue weighted by Gasteiger charge is -2.22. The van der Waals surface area contributed by atoms with Gasteiger partial charge in [-0.15, -0.1) is 0 Å². The number of hydrogen-bond acceptors (Lipinski definition) is 3. The maximum atomic E-state index is 4.96. The van der Waals surface area contributed by atoms with Crippen LogP contribution in [0.15, 0.2) is 164 Å². The Morgan fingerprint density at radius 1 is 0.400 bits per heavy atom. The van der Waals surface area contributed by atoms with E-state index in [2.05, 4.69) is 112 Å². The zero-order valence-corrected chi connectivity index (χ0v) is 26.8. The van der Waals surface area contributed by atoms with E-state index in [0.717, 1.165) is 22.3 Å². The Kier molecular flexibility index (Phi) is 5.60. The second-order valence-corrected chi connectivity index (χ2v) is 12.9. The predicted molar refractivity (Wildman–Crippen MR) is 204 cm³/mol. The summed E-state index contributed by atoms with van der Waals surface area (Å²) >= 11 is 0. The van der Waals surface area contributed by atoms with Crippen molar-refractivity contribution >= 4 is 49.0 Å². The van der Waals surface area contributed by atoms with Crippen LogP contribution in [0, 0.1) is 0 Å². The molecule has 0 unspecified atom stereocenters. The molecule has 9 aromatic rings. The number of rotatable bonds is 4. The number of nitrogens with zero attached hydrogens (tertiary/aromatic N) is 5. The average molecular weight is 638 g/mol. The van der Waals surface area contributed by atoms with Crippen LogP contribution in [-0.4, -0.2) is 23.9 Å². The van der Waals surface area contributed by atoms with Crippen molar-refractivity contribution in [1.29, 1.82) is 0 Å². The summed E-state index contributed by atoms with van der Waals surface area (Å²) < 4.78 is 4.85. The molecule has 0 bridgehead atoms. The van der Waals surface area contributed by atoms with E-state index in [0.29, 0.717) is 17.5 Å². The van der Waals surface area contributed by atoms with Crippen molar-refractivity contribution in [2.45, 2.75) is 0 Å². The lowest BCUT2D eigenvalue weighted by molar-refractivity contribution is 1.07. The third kappa shape index (κ3) is 3.86. The first-order valence-electron chi connectivity index (χ1n) is 16.9. The van der Waals surface area contributed by atoms with Crippen LogP contribution in [0.5, 0.6) is 0 Å². The van der Waals surface area contributed by atoms with Gasteiger partial charge in [0.25, 0.3) is 0 Å². The number of aromatic nitrogens is 5. The van der Waals surface area contributed by atoms with Crippen LogP contribution in [0.1, 0.15) is 0 Å². The molecule has 2 aromatic heterocycles. The van der Waals surface area contributed by atoms with Crippen LogP contribution >= 0.6 is 0 Å². The molecule has 0 N–H and O–H groups in total. The minimum atomic E-state index is 0.649. The fourth-order valence-electron chi connectivity index (χ4n) is 7.89. The molecule has 0 aliphatic carbocycles. The predicted octanol–water partition coefficient (Wildman–Crippen LogP) is 11.1. The van der Waals surface area contributed by atoms with E-state index in [9.17, 15) is 0 Å². The molecule has 5 heteroatoms. The van der Waals surface area contributed by atoms with Crippen LogP contribution in [0.3, 0.4) is 0 Å². The first-order valence-corrected chi connectivity index (χ1v) is 16.9. The second kappa shape index (κ2) is 10.3. The Hall–Kier alpha value is -6.85. The van der Waals surface area contributed by atoms with E-state index in [4.69, 9.17) is 15.0 Å². The summed E-state index contributed by atoms with van der Waals surface area (Å²) in [5, 5.41) is 6.32. The quantitative estimate of drug-likeness (QED) is 0.142. The average Bonchev–Trinajstić information content (AvgIpc) is 3.53. The Morgan fingerprint density at radius 3 is 1.66 bits per heavy atom. The molecule has 232 valence electrons. The standard InChI is InChI=1S/C45H27N5/c1-3-11-30(12-4-1)43-46-44(31-13-5-2-6-14-31)48-45(47-43)32-23-21-28(22-24-32)34-17-10-20-38-40(34)35-27-33-16-9-15-29-25-26-49-36-18-7-8-19-37(36)50(38)41(35)42(49)39(29)33/h1-27H. The van der Waals surface area contributed by atoms with Gasteiger partial charge in [0, 0.05) is 39.0 Å². The molecule has 0 saturated carbocycles. The topological polar surface area (TPSA) is 48.0 Å². The lowest BCUT2D eigenvalue weighted by atomic mass is 9.95. The smallest absolute Gasteiger partial charge is 0.164 e. The molecular weight excluding hydrogens is 611 g/mol. The van der Waals surface area contributed by atoms with E-state index in [1.165, 1.54) is 60.2 Å². The van der Waals surface area contributed by atoms with Crippen LogP contribution in [-0.2, 0) is 0 Å². The van der Waals surface area contributed by atoms with Crippen molar-refractivity contribution in [1.82, 2.24) is 23.9 Å². The zero-order valence-electron chi connectivity index (χ0n) is 26.8. The molecule has 50 heavy (non-hydrogen) atoms. The summed E-state index contributed by atoms with van der Waals surface area (Å²) in [6.07, 6.45) is 2.23. The normalized spacial score (nSPS) is 12.0. The van der Waals surface area contributed by atoms with Crippen molar-refractivity contribution < 1.29 is 0 Å². The molecule has 0 amide bonds. The van der Waals surface area contributed by atoms with Crippen molar-refractivity contribution in [3.8, 4) is 51.0 Å². The van der Waals surface area contributed by atoms with Crippen molar-refractivity contribution in [2.24, 2.45) is 0 Å². The Labute approximate surface area is 287 Å². The molecule has 0 saturated heterocycles. The van der Waals surface area contributed by atoms with Gasteiger partial charge in [-0.2, -0.15) is 0 Å². The third-order valence-electron chi connectivity index (χ3n) is 10.1. The second-order valence-electron chi connectivity index (χ2n) is 12.9. The molecule has 0 fully saturated rings. The number of benzene rings is 7. The first-order chi connectivity index (χ1) is 24.8. The molecule has 0 radical (unpaired) electrons. The maximum absolute atomic E-state index is 4.96. The van der Waals surface area contributed by atoms with E-state index in [1.54, 1.807) is 0 Å². The van der Waals surface area contributed by atoms with Gasteiger partial charge in [0.2, 0.25) is 0 Å². The highest BCUT2D eigenvalue weighted by atomic mass is 15.1. The van der Waals surface area contributed by atoms with Crippen LogP contribution < -0.4 is 0 Å². The fraction of sp³-hybridized carbons (Fsp3) is 0. The number of para-hydroxylation sites is 2. The van der Waals surface area contributed by atoms with Crippen LogP contribution in [0.2, 0.25) is 0 Å². The molecule has 7 aromatic carbocycles. The van der Waals surface area contributed by atoms with Crippen molar-refractivity contribution in [3.63, 3.8) is 0 Å². The van der Waals surface area contributed by atoms with Gasteiger partial charge in [0.15, 0.2) is 17.5 Å². The SMILES string of the molecule is c1ccc(-c2nc(-c3ccccc3)nc(-c3ccc(-c4cccc5c4c4cc6cccc7ccn8c9ccccc9n5c4c-8c76)cc3)n2)cc1. The highest BCUT2D eigenvalue weighted by molar-refractivity contribution is 6.25. The first kappa shape index (κ1) is 27.1. The summed E-state index contributed by atoms with van der Waals surface area (Å²) in [5.41, 5.74) is 11.3. The van der Waals surface area contributed by atoms with Gasteiger partial charge in [-0.1, -0.05) is 127 Å². The summed E-state index contributed by atoms with van der Waals surface area (Å²) in [7, 11) is 0. The molecule has 2 aliphatic rings. The summed E-state index contributed by atoms with van der Waals surface area (Å²) in [6.45, 7) is 0. The Morgan fingerprint density at radius 2 is 0.960 bits per heavy atom. The van der Waals surface area contributed by atoms with Gasteiger partial charge in [-0.3, -0.25) is 0 Å². The van der Waals surface area contributed by atoms with Crippen LogP contribution in [0.25, 0.3) is 100.0 Å². The van der Waals surface area contributed by atoms with E-state index >= 15 is 0 Å². The largest absolute Gasteiger partial charge is 0.313 e. The van der Waals surface area contributed by atoms with Gasteiger partial charge >= 0.3 is 0 Å². The third-order valence-corrected chi connectivity index (χ3v) is 10.1. The minimum Gasteiger partial charge on any atom is -0.313 e. The Balaban J connectivity index is 1.13. The van der Waals surface area contributed by atoms with Gasteiger partial charge in [0.05, 0.1) is 27.8 Å². The van der Waals surface area contributed by atoms with Gasteiger partial charge in [-0.05, 0) is 52.2 Å². The van der Waals surface area contributed by atoms with Gasteiger partial charge in [-0.25, -0.2) is 15.0 Å². The van der Waals surface area contributed by atoms with Crippen molar-refractivity contribution in [3.05, 3.63) is 164 Å². The monoisotopic (exact) mass is 637 g/mol. The van der Waals surface area contributed by atoms with Gasteiger partial charge in [0.1, 0.15) is 0 Å². The van der Waals surface area contributed by atoms with Crippen LogP contribution in [0.4, 0.5) is 0 Å². The maximum Gasteiger partial charge on any atom is 0.164 e. The molecule has 2 aliphatic heterocycles.